The van der Waals surface area contributed by atoms with E-state index in [1.54, 1.807) is 7.05 Å². The predicted molar refractivity (Wildman–Crippen MR) is 69.3 cm³/mol. The minimum Gasteiger partial charge on any atom is -0.366 e. The average Bonchev–Trinajstić information content (AvgIpc) is 2.29. The normalized spacial score (nSPS) is 9.44. The molecule has 0 aliphatic heterocycles. The Bertz CT molecular complexity index is 440. The number of amides is 2. The van der Waals surface area contributed by atoms with Crippen molar-refractivity contribution in [2.24, 2.45) is 5.73 Å². The molecule has 1 aromatic rings. The van der Waals surface area contributed by atoms with Crippen LogP contribution in [-0.4, -0.2) is 25.4 Å². The summed E-state index contributed by atoms with van der Waals surface area (Å²) in [4.78, 5) is 22.3. The fourth-order valence-corrected chi connectivity index (χ4v) is 1.23. The van der Waals surface area contributed by atoms with Crippen molar-refractivity contribution in [3.63, 3.8) is 0 Å². The van der Waals surface area contributed by atoms with Gasteiger partial charge in [-0.15, -0.1) is 12.4 Å². The Hall–Kier alpha value is -1.66. The lowest BCUT2D eigenvalue weighted by Gasteiger charge is -2.07. The van der Waals surface area contributed by atoms with Gasteiger partial charge < -0.3 is 16.4 Å². The van der Waals surface area contributed by atoms with E-state index in [1.165, 1.54) is 12.1 Å². The molecule has 0 aliphatic carbocycles. The average molecular weight is 276 g/mol. The number of anilines is 1. The lowest BCUT2D eigenvalue weighted by atomic mass is 10.2. The molecule has 0 heterocycles. The van der Waals surface area contributed by atoms with Crippen molar-refractivity contribution < 1.29 is 14.0 Å². The molecule has 100 valence electrons. The van der Waals surface area contributed by atoms with E-state index in [4.69, 9.17) is 5.73 Å². The Kier molecular flexibility index (Phi) is 6.92. The third kappa shape index (κ3) is 4.68. The highest BCUT2D eigenvalue weighted by Gasteiger charge is 2.09. The zero-order valence-electron chi connectivity index (χ0n) is 9.83. The Morgan fingerprint density at radius 2 is 2.06 bits per heavy atom. The van der Waals surface area contributed by atoms with Gasteiger partial charge in [0.2, 0.25) is 11.8 Å². The van der Waals surface area contributed by atoms with Gasteiger partial charge in [0.25, 0.3) is 0 Å². The highest BCUT2D eigenvalue weighted by Crippen LogP contribution is 2.16. The number of benzene rings is 1. The van der Waals surface area contributed by atoms with Crippen LogP contribution in [0.1, 0.15) is 16.8 Å². The summed E-state index contributed by atoms with van der Waals surface area (Å²) >= 11 is 0. The summed E-state index contributed by atoms with van der Waals surface area (Å²) in [5.41, 5.74) is 5.17. The molecular weight excluding hydrogens is 261 g/mol. The molecule has 0 bridgehead atoms. The molecule has 0 atom stereocenters. The summed E-state index contributed by atoms with van der Waals surface area (Å²) < 4.78 is 13.3. The smallest absolute Gasteiger partial charge is 0.248 e. The molecule has 1 rings (SSSR count). The molecule has 4 N–H and O–H groups in total. The van der Waals surface area contributed by atoms with Gasteiger partial charge in [0.1, 0.15) is 5.82 Å². The number of rotatable bonds is 5. The van der Waals surface area contributed by atoms with E-state index >= 15 is 0 Å². The zero-order valence-corrected chi connectivity index (χ0v) is 10.6. The van der Waals surface area contributed by atoms with Crippen LogP contribution in [0.4, 0.5) is 10.1 Å². The molecule has 7 heteroatoms. The number of hydrogen-bond acceptors (Lipinski definition) is 3. The summed E-state index contributed by atoms with van der Waals surface area (Å²) in [6.45, 7) is 0.489. The Balaban J connectivity index is 0.00000289. The molecule has 5 nitrogen and oxygen atoms in total. The van der Waals surface area contributed by atoms with E-state index in [2.05, 4.69) is 10.6 Å². The van der Waals surface area contributed by atoms with Gasteiger partial charge in [-0.3, -0.25) is 9.59 Å². The number of primary amides is 1. The molecule has 0 aromatic heterocycles. The molecule has 0 unspecified atom stereocenters. The maximum absolute atomic E-state index is 13.3. The first kappa shape index (κ1) is 16.3. The van der Waals surface area contributed by atoms with Crippen molar-refractivity contribution in [1.82, 2.24) is 5.32 Å². The number of hydrogen-bond donors (Lipinski definition) is 3. The predicted octanol–water partition coefficient (Wildman–Crippen LogP) is 0.894. The van der Waals surface area contributed by atoms with Crippen molar-refractivity contribution in [3.8, 4) is 0 Å². The van der Waals surface area contributed by atoms with Crippen LogP contribution in [0.3, 0.4) is 0 Å². The van der Waals surface area contributed by atoms with Crippen molar-refractivity contribution in [2.45, 2.75) is 6.42 Å². The number of nitrogens with two attached hydrogens (primary N) is 1. The third-order valence-corrected chi connectivity index (χ3v) is 2.13. The summed E-state index contributed by atoms with van der Waals surface area (Å²) in [6.07, 6.45) is 0.219. The molecule has 0 saturated heterocycles. The van der Waals surface area contributed by atoms with E-state index in [0.29, 0.717) is 6.54 Å². The van der Waals surface area contributed by atoms with Gasteiger partial charge in [0.15, 0.2) is 0 Å². The van der Waals surface area contributed by atoms with E-state index in [-0.39, 0.29) is 36.0 Å². The SMILES string of the molecule is CNCCC(=O)Nc1cc(C(N)=O)ccc1F.Cl. The number of halogens is 2. The minimum atomic E-state index is -0.671. The highest BCUT2D eigenvalue weighted by atomic mass is 35.5. The molecule has 0 spiro atoms. The first-order valence-corrected chi connectivity index (χ1v) is 5.08. The summed E-state index contributed by atoms with van der Waals surface area (Å²) in [5.74, 6) is -1.61. The molecule has 0 fully saturated rings. The molecule has 18 heavy (non-hydrogen) atoms. The van der Waals surface area contributed by atoms with Crippen molar-refractivity contribution in [1.29, 1.82) is 0 Å². The van der Waals surface area contributed by atoms with Crippen LogP contribution in [0.2, 0.25) is 0 Å². The van der Waals surface area contributed by atoms with Crippen LogP contribution < -0.4 is 16.4 Å². The Morgan fingerprint density at radius 3 is 2.61 bits per heavy atom. The van der Waals surface area contributed by atoms with Gasteiger partial charge in [-0.1, -0.05) is 0 Å². The summed E-state index contributed by atoms with van der Waals surface area (Å²) in [5, 5.41) is 5.18. The van der Waals surface area contributed by atoms with E-state index in [0.717, 1.165) is 6.07 Å². The fourth-order valence-electron chi connectivity index (χ4n) is 1.23. The van der Waals surface area contributed by atoms with Crippen LogP contribution in [0.15, 0.2) is 18.2 Å². The van der Waals surface area contributed by atoms with Crippen LogP contribution in [0.25, 0.3) is 0 Å². The quantitative estimate of drug-likeness (QED) is 0.746. The largest absolute Gasteiger partial charge is 0.366 e. The van der Waals surface area contributed by atoms with Crippen LogP contribution in [-0.2, 0) is 4.79 Å². The maximum atomic E-state index is 13.3. The van der Waals surface area contributed by atoms with Crippen LogP contribution in [0.5, 0.6) is 0 Å². The lowest BCUT2D eigenvalue weighted by Crippen LogP contribution is -2.20. The molecule has 0 radical (unpaired) electrons. The van der Waals surface area contributed by atoms with Crippen molar-refractivity contribution in [3.05, 3.63) is 29.6 Å². The summed E-state index contributed by atoms with van der Waals surface area (Å²) in [7, 11) is 1.71. The maximum Gasteiger partial charge on any atom is 0.248 e. The molecular formula is C11H15ClFN3O2. The van der Waals surface area contributed by atoms with Gasteiger partial charge in [-0.05, 0) is 25.2 Å². The monoisotopic (exact) mass is 275 g/mol. The second kappa shape index (κ2) is 7.62. The van der Waals surface area contributed by atoms with Crippen molar-refractivity contribution in [2.75, 3.05) is 18.9 Å². The molecule has 0 aliphatic rings. The number of nitrogens with one attached hydrogen (secondary N) is 2. The second-order valence-corrected chi connectivity index (χ2v) is 3.46. The zero-order chi connectivity index (χ0) is 12.8. The Labute approximate surface area is 110 Å². The fraction of sp³-hybridized carbons (Fsp3) is 0.273. The molecule has 0 saturated carbocycles. The lowest BCUT2D eigenvalue weighted by molar-refractivity contribution is -0.116. The highest BCUT2D eigenvalue weighted by molar-refractivity contribution is 5.96. The van der Waals surface area contributed by atoms with Gasteiger partial charge in [0, 0.05) is 18.5 Å². The van der Waals surface area contributed by atoms with Crippen molar-refractivity contribution >= 4 is 29.9 Å². The topological polar surface area (TPSA) is 84.2 Å². The first-order chi connectivity index (χ1) is 8.04. The van der Waals surface area contributed by atoms with E-state index in [9.17, 15) is 14.0 Å². The summed E-state index contributed by atoms with van der Waals surface area (Å²) in [6, 6.07) is 3.57. The Morgan fingerprint density at radius 1 is 1.39 bits per heavy atom. The van der Waals surface area contributed by atoms with E-state index in [1.807, 2.05) is 0 Å². The van der Waals surface area contributed by atoms with Gasteiger partial charge in [-0.2, -0.15) is 0 Å². The van der Waals surface area contributed by atoms with Gasteiger partial charge >= 0.3 is 0 Å². The number of carbonyl (C=O) groups is 2. The minimum absolute atomic E-state index is 0. The second-order valence-electron chi connectivity index (χ2n) is 3.46. The standard InChI is InChI=1S/C11H14FN3O2.ClH/c1-14-5-4-10(16)15-9-6-7(11(13)17)2-3-8(9)12;/h2-3,6,14H,4-5H2,1H3,(H2,13,17)(H,15,16);1H. The third-order valence-electron chi connectivity index (χ3n) is 2.13. The van der Waals surface area contributed by atoms with Gasteiger partial charge in [0.05, 0.1) is 5.69 Å². The number of carbonyl (C=O) groups excluding carboxylic acids is 2. The first-order valence-electron chi connectivity index (χ1n) is 5.08. The van der Waals surface area contributed by atoms with Crippen LogP contribution in [0, 0.1) is 5.82 Å². The van der Waals surface area contributed by atoms with Crippen LogP contribution >= 0.6 is 12.4 Å². The van der Waals surface area contributed by atoms with E-state index < -0.39 is 11.7 Å². The van der Waals surface area contributed by atoms with Gasteiger partial charge in [-0.25, -0.2) is 4.39 Å². The molecule has 2 amide bonds. The molecule has 1 aromatic carbocycles.